The summed E-state index contributed by atoms with van der Waals surface area (Å²) in [6, 6.07) is 12.6. The molecule has 1 aromatic heterocycles. The first-order valence-electron chi connectivity index (χ1n) is 6.26. The molecule has 0 radical (unpaired) electrons. The number of hydrogen-bond acceptors (Lipinski definition) is 2. The van der Waals surface area contributed by atoms with Crippen molar-refractivity contribution in [1.82, 2.24) is 5.32 Å². The third kappa shape index (κ3) is 3.24. The summed E-state index contributed by atoms with van der Waals surface area (Å²) in [6.07, 6.45) is 1.10. The fourth-order valence-electron chi connectivity index (χ4n) is 1.91. The second kappa shape index (κ2) is 6.21. The molecule has 2 nitrogen and oxygen atoms in total. The summed E-state index contributed by atoms with van der Waals surface area (Å²) in [5, 5.41) is 3.52. The van der Waals surface area contributed by atoms with Gasteiger partial charge in [0.25, 0.3) is 0 Å². The van der Waals surface area contributed by atoms with Crippen molar-refractivity contribution in [2.45, 2.75) is 26.3 Å². The minimum Gasteiger partial charge on any atom is -0.452 e. The van der Waals surface area contributed by atoms with Gasteiger partial charge in [0, 0.05) is 0 Å². The van der Waals surface area contributed by atoms with E-state index >= 15 is 0 Å². The molecule has 0 bridgehead atoms. The van der Waals surface area contributed by atoms with E-state index in [0.29, 0.717) is 0 Å². The third-order valence-electron chi connectivity index (χ3n) is 2.89. The Morgan fingerprint density at radius 1 is 1.17 bits per heavy atom. The molecule has 1 heterocycles. The normalized spacial score (nSPS) is 12.6. The Bertz CT molecular complexity index is 489. The molecule has 0 aliphatic rings. The van der Waals surface area contributed by atoms with Crippen molar-refractivity contribution in [2.24, 2.45) is 0 Å². The molecule has 0 saturated carbocycles. The van der Waals surface area contributed by atoms with Crippen molar-refractivity contribution in [1.29, 1.82) is 0 Å². The lowest BCUT2D eigenvalue weighted by molar-refractivity contribution is 0.433. The minimum atomic E-state index is 0.122. The van der Waals surface area contributed by atoms with Gasteiger partial charge >= 0.3 is 0 Å². The predicted octanol–water partition coefficient (Wildman–Crippen LogP) is 4.44. The first kappa shape index (κ1) is 13.4. The molecule has 0 saturated heterocycles. The molecule has 0 aliphatic heterocycles. The maximum atomic E-state index is 5.68. The van der Waals surface area contributed by atoms with Crippen LogP contribution in [0.3, 0.4) is 0 Å². The average molecular weight is 308 g/mol. The van der Waals surface area contributed by atoms with Crippen LogP contribution in [0.25, 0.3) is 0 Å². The smallest absolute Gasteiger partial charge is 0.169 e. The quantitative estimate of drug-likeness (QED) is 0.883. The van der Waals surface area contributed by atoms with Crippen molar-refractivity contribution in [3.63, 3.8) is 0 Å². The fraction of sp³-hybridized carbons (Fsp3) is 0.333. The molecule has 0 amide bonds. The van der Waals surface area contributed by atoms with Crippen LogP contribution >= 0.6 is 15.9 Å². The summed E-state index contributed by atoms with van der Waals surface area (Å²) in [5.41, 5.74) is 2.50. The standard InChI is InChI=1S/C15H18BrNO/c1-3-10-17-15(13-8-9-14(16)18-13)12-6-4-11(2)5-7-12/h4-9,15,17H,3,10H2,1-2H3. The van der Waals surface area contributed by atoms with Gasteiger partial charge in [0.05, 0.1) is 6.04 Å². The number of furan rings is 1. The lowest BCUT2D eigenvalue weighted by Crippen LogP contribution is -2.22. The molecule has 0 aliphatic carbocycles. The van der Waals surface area contributed by atoms with Gasteiger partial charge in [0.1, 0.15) is 5.76 Å². The topological polar surface area (TPSA) is 25.2 Å². The number of nitrogens with one attached hydrogen (secondary N) is 1. The highest BCUT2D eigenvalue weighted by Crippen LogP contribution is 2.26. The first-order chi connectivity index (χ1) is 8.70. The maximum Gasteiger partial charge on any atom is 0.169 e. The van der Waals surface area contributed by atoms with E-state index in [2.05, 4.69) is 59.4 Å². The van der Waals surface area contributed by atoms with Gasteiger partial charge in [-0.2, -0.15) is 0 Å². The summed E-state index contributed by atoms with van der Waals surface area (Å²) < 4.78 is 6.45. The van der Waals surface area contributed by atoms with Gasteiger partial charge in [-0.1, -0.05) is 36.8 Å². The van der Waals surface area contributed by atoms with Crippen LogP contribution in [-0.2, 0) is 0 Å². The van der Waals surface area contributed by atoms with Crippen LogP contribution in [0.4, 0.5) is 0 Å². The molecular formula is C15H18BrNO. The van der Waals surface area contributed by atoms with Gasteiger partial charge < -0.3 is 9.73 Å². The number of benzene rings is 1. The van der Waals surface area contributed by atoms with Crippen molar-refractivity contribution >= 4 is 15.9 Å². The molecule has 1 atom stereocenters. The Morgan fingerprint density at radius 3 is 2.44 bits per heavy atom. The maximum absolute atomic E-state index is 5.68. The molecule has 0 fully saturated rings. The van der Waals surface area contributed by atoms with Crippen LogP contribution in [0.5, 0.6) is 0 Å². The van der Waals surface area contributed by atoms with Gasteiger partial charge in [0.15, 0.2) is 4.67 Å². The second-order valence-electron chi connectivity index (χ2n) is 4.44. The zero-order chi connectivity index (χ0) is 13.0. The Morgan fingerprint density at radius 2 is 1.89 bits per heavy atom. The molecule has 2 aromatic rings. The van der Waals surface area contributed by atoms with Crippen LogP contribution in [0, 0.1) is 6.92 Å². The van der Waals surface area contributed by atoms with Crippen molar-refractivity contribution in [2.75, 3.05) is 6.54 Å². The van der Waals surface area contributed by atoms with E-state index in [0.717, 1.165) is 23.4 Å². The van der Waals surface area contributed by atoms with Crippen LogP contribution in [0.2, 0.25) is 0 Å². The largest absolute Gasteiger partial charge is 0.452 e. The molecule has 3 heteroatoms. The van der Waals surface area contributed by atoms with Gasteiger partial charge in [-0.3, -0.25) is 0 Å². The number of rotatable bonds is 5. The summed E-state index contributed by atoms with van der Waals surface area (Å²) in [6.45, 7) is 5.23. The SMILES string of the molecule is CCCNC(c1ccc(C)cc1)c1ccc(Br)o1. The molecule has 1 N–H and O–H groups in total. The number of hydrogen-bond donors (Lipinski definition) is 1. The number of aryl methyl sites for hydroxylation is 1. The summed E-state index contributed by atoms with van der Waals surface area (Å²) in [7, 11) is 0. The van der Waals surface area contributed by atoms with Gasteiger partial charge in [0.2, 0.25) is 0 Å². The Labute approximate surface area is 117 Å². The predicted molar refractivity (Wildman–Crippen MR) is 77.7 cm³/mol. The van der Waals surface area contributed by atoms with E-state index in [1.165, 1.54) is 11.1 Å². The Kier molecular flexibility index (Phi) is 4.61. The second-order valence-corrected chi connectivity index (χ2v) is 5.22. The van der Waals surface area contributed by atoms with Crippen molar-refractivity contribution in [3.8, 4) is 0 Å². The highest BCUT2D eigenvalue weighted by atomic mass is 79.9. The fourth-order valence-corrected chi connectivity index (χ4v) is 2.23. The molecule has 18 heavy (non-hydrogen) atoms. The molecule has 96 valence electrons. The highest BCUT2D eigenvalue weighted by Gasteiger charge is 2.16. The zero-order valence-electron chi connectivity index (χ0n) is 10.7. The summed E-state index contributed by atoms with van der Waals surface area (Å²) >= 11 is 3.36. The minimum absolute atomic E-state index is 0.122. The Balaban J connectivity index is 2.27. The Hall–Kier alpha value is -1.06. The van der Waals surface area contributed by atoms with Crippen molar-refractivity contribution < 1.29 is 4.42 Å². The lowest BCUT2D eigenvalue weighted by Gasteiger charge is -2.17. The summed E-state index contributed by atoms with van der Waals surface area (Å²) in [5.74, 6) is 0.944. The van der Waals surface area contributed by atoms with E-state index in [1.807, 2.05) is 12.1 Å². The van der Waals surface area contributed by atoms with Crippen LogP contribution in [0.1, 0.15) is 36.3 Å². The average Bonchev–Trinajstić information content (AvgIpc) is 2.78. The monoisotopic (exact) mass is 307 g/mol. The van der Waals surface area contributed by atoms with Gasteiger partial charge in [-0.25, -0.2) is 0 Å². The van der Waals surface area contributed by atoms with Crippen molar-refractivity contribution in [3.05, 3.63) is 58.0 Å². The highest BCUT2D eigenvalue weighted by molar-refractivity contribution is 9.10. The molecule has 2 rings (SSSR count). The third-order valence-corrected chi connectivity index (χ3v) is 3.31. The lowest BCUT2D eigenvalue weighted by atomic mass is 10.0. The van der Waals surface area contributed by atoms with E-state index in [9.17, 15) is 0 Å². The van der Waals surface area contributed by atoms with E-state index in [4.69, 9.17) is 4.42 Å². The zero-order valence-corrected chi connectivity index (χ0v) is 12.3. The van der Waals surface area contributed by atoms with E-state index in [1.54, 1.807) is 0 Å². The van der Waals surface area contributed by atoms with Crippen LogP contribution < -0.4 is 5.32 Å². The van der Waals surface area contributed by atoms with Gasteiger partial charge in [-0.05, 0) is 53.5 Å². The van der Waals surface area contributed by atoms with Crippen LogP contribution in [0.15, 0.2) is 45.5 Å². The van der Waals surface area contributed by atoms with E-state index < -0.39 is 0 Å². The molecular weight excluding hydrogens is 290 g/mol. The molecule has 1 aromatic carbocycles. The molecule has 0 spiro atoms. The molecule has 1 unspecified atom stereocenters. The number of halogens is 1. The van der Waals surface area contributed by atoms with E-state index in [-0.39, 0.29) is 6.04 Å². The summed E-state index contributed by atoms with van der Waals surface area (Å²) in [4.78, 5) is 0. The van der Waals surface area contributed by atoms with Gasteiger partial charge in [-0.15, -0.1) is 0 Å². The first-order valence-corrected chi connectivity index (χ1v) is 7.05. The van der Waals surface area contributed by atoms with Crippen LogP contribution in [-0.4, -0.2) is 6.54 Å².